The second-order valence-corrected chi connectivity index (χ2v) is 9.97. The van der Waals surface area contributed by atoms with Gasteiger partial charge in [-0.2, -0.15) is 0 Å². The lowest BCUT2D eigenvalue weighted by Gasteiger charge is -2.17. The van der Waals surface area contributed by atoms with Gasteiger partial charge in [-0.15, -0.1) is 0 Å². The van der Waals surface area contributed by atoms with Crippen molar-refractivity contribution >= 4 is 28.6 Å². The highest BCUT2D eigenvalue weighted by molar-refractivity contribution is 7.98. The summed E-state index contributed by atoms with van der Waals surface area (Å²) in [7, 11) is 0. The van der Waals surface area contributed by atoms with Crippen molar-refractivity contribution in [1.82, 2.24) is 14.5 Å². The molecular formula is C28H26FN3O2S. The van der Waals surface area contributed by atoms with Crippen LogP contribution >= 0.6 is 11.8 Å². The van der Waals surface area contributed by atoms with E-state index >= 15 is 0 Å². The van der Waals surface area contributed by atoms with Crippen LogP contribution in [0.1, 0.15) is 39.9 Å². The third-order valence-electron chi connectivity index (χ3n) is 6.22. The van der Waals surface area contributed by atoms with Crippen LogP contribution in [0.2, 0.25) is 0 Å². The normalized spacial score (nSPS) is 13.5. The second-order valence-electron chi connectivity index (χ2n) is 9.03. The largest absolute Gasteiger partial charge is 0.339 e. The highest BCUT2D eigenvalue weighted by Gasteiger charge is 2.21. The molecule has 3 aromatic carbocycles. The lowest BCUT2D eigenvalue weighted by Crippen LogP contribution is -2.28. The predicted octanol–water partition coefficient (Wildman–Crippen LogP) is 5.67. The lowest BCUT2D eigenvalue weighted by atomic mass is 10.1. The van der Waals surface area contributed by atoms with Crippen molar-refractivity contribution in [1.29, 1.82) is 0 Å². The van der Waals surface area contributed by atoms with Gasteiger partial charge in [0.15, 0.2) is 5.16 Å². The number of fused-ring (bicyclic) bond motifs is 1. The van der Waals surface area contributed by atoms with Gasteiger partial charge in [0, 0.05) is 24.4 Å². The zero-order valence-electron chi connectivity index (χ0n) is 19.8. The molecule has 1 aliphatic heterocycles. The fourth-order valence-corrected chi connectivity index (χ4v) is 5.50. The summed E-state index contributed by atoms with van der Waals surface area (Å²) in [6.07, 6.45) is 2.03. The molecule has 1 amide bonds. The van der Waals surface area contributed by atoms with Gasteiger partial charge in [0.25, 0.3) is 11.5 Å². The Hall–Kier alpha value is -3.45. The Kier molecular flexibility index (Phi) is 6.43. The van der Waals surface area contributed by atoms with Crippen LogP contribution in [-0.2, 0) is 5.75 Å². The van der Waals surface area contributed by atoms with E-state index < -0.39 is 0 Å². The molecule has 1 saturated heterocycles. The van der Waals surface area contributed by atoms with Gasteiger partial charge < -0.3 is 4.90 Å². The van der Waals surface area contributed by atoms with E-state index in [1.54, 1.807) is 34.9 Å². The van der Waals surface area contributed by atoms with Gasteiger partial charge in [-0.3, -0.25) is 14.2 Å². The van der Waals surface area contributed by atoms with Gasteiger partial charge in [-0.1, -0.05) is 30.0 Å². The van der Waals surface area contributed by atoms with Crippen molar-refractivity contribution < 1.29 is 9.18 Å². The first-order valence-electron chi connectivity index (χ1n) is 11.7. The van der Waals surface area contributed by atoms with Gasteiger partial charge in [-0.05, 0) is 85.8 Å². The molecule has 0 atom stereocenters. The number of likely N-dealkylation sites (tertiary alicyclic amines) is 1. The molecule has 1 fully saturated rings. The zero-order chi connectivity index (χ0) is 24.5. The molecule has 0 unspecified atom stereocenters. The van der Waals surface area contributed by atoms with Crippen molar-refractivity contribution in [3.8, 4) is 5.69 Å². The number of carbonyl (C=O) groups excluding carboxylic acids is 1. The summed E-state index contributed by atoms with van der Waals surface area (Å²) >= 11 is 1.42. The van der Waals surface area contributed by atoms with Gasteiger partial charge in [0.2, 0.25) is 0 Å². The maximum Gasteiger partial charge on any atom is 0.266 e. The SMILES string of the molecule is Cc1cc(C)cc(-n2c(SCc3ccc(F)cc3)nc3cc(C(=O)N4CCCC4)ccc3c2=O)c1. The number of aromatic nitrogens is 2. The van der Waals surface area contributed by atoms with Crippen molar-refractivity contribution in [3.63, 3.8) is 0 Å². The summed E-state index contributed by atoms with van der Waals surface area (Å²) in [6, 6.07) is 17.5. The minimum atomic E-state index is -0.287. The quantitative estimate of drug-likeness (QED) is 0.269. The van der Waals surface area contributed by atoms with Crippen LogP contribution in [0.15, 0.2) is 70.6 Å². The topological polar surface area (TPSA) is 55.2 Å². The summed E-state index contributed by atoms with van der Waals surface area (Å²) in [5, 5.41) is 0.996. The van der Waals surface area contributed by atoms with E-state index in [0.29, 0.717) is 27.4 Å². The van der Waals surface area contributed by atoms with E-state index in [0.717, 1.165) is 48.3 Å². The highest BCUT2D eigenvalue weighted by atomic mass is 32.2. The molecule has 2 heterocycles. The molecule has 0 spiro atoms. The van der Waals surface area contributed by atoms with Gasteiger partial charge in [-0.25, -0.2) is 9.37 Å². The van der Waals surface area contributed by atoms with Crippen molar-refractivity contribution in [2.45, 2.75) is 37.6 Å². The molecule has 4 aromatic rings. The first-order chi connectivity index (χ1) is 16.9. The number of rotatable bonds is 5. The Morgan fingerprint density at radius 3 is 2.34 bits per heavy atom. The van der Waals surface area contributed by atoms with E-state index in [9.17, 15) is 14.0 Å². The van der Waals surface area contributed by atoms with E-state index in [4.69, 9.17) is 4.98 Å². The molecule has 5 rings (SSSR count). The molecule has 0 N–H and O–H groups in total. The minimum Gasteiger partial charge on any atom is -0.339 e. The molecule has 0 aliphatic carbocycles. The molecule has 35 heavy (non-hydrogen) atoms. The Morgan fingerprint density at radius 2 is 1.66 bits per heavy atom. The van der Waals surface area contributed by atoms with Crippen molar-refractivity contribution in [2.75, 3.05) is 13.1 Å². The van der Waals surface area contributed by atoms with E-state index in [2.05, 4.69) is 6.07 Å². The van der Waals surface area contributed by atoms with Crippen molar-refractivity contribution in [2.24, 2.45) is 0 Å². The second kappa shape index (κ2) is 9.66. The summed E-state index contributed by atoms with van der Waals surface area (Å²) in [5.41, 5.74) is 4.64. The Balaban J connectivity index is 1.62. The number of hydrogen-bond acceptors (Lipinski definition) is 4. The number of thioether (sulfide) groups is 1. The average Bonchev–Trinajstić information content (AvgIpc) is 3.37. The lowest BCUT2D eigenvalue weighted by molar-refractivity contribution is 0.0793. The number of amides is 1. The molecule has 178 valence electrons. The number of halogens is 1. The zero-order valence-corrected chi connectivity index (χ0v) is 20.6. The smallest absolute Gasteiger partial charge is 0.266 e. The minimum absolute atomic E-state index is 0.0230. The summed E-state index contributed by atoms with van der Waals surface area (Å²) in [4.78, 5) is 33.4. The van der Waals surface area contributed by atoms with Gasteiger partial charge in [0.1, 0.15) is 5.82 Å². The molecule has 7 heteroatoms. The van der Waals surface area contributed by atoms with Gasteiger partial charge in [0.05, 0.1) is 16.6 Å². The Bertz CT molecular complexity index is 1450. The molecule has 0 radical (unpaired) electrons. The highest BCUT2D eigenvalue weighted by Crippen LogP contribution is 2.26. The van der Waals surface area contributed by atoms with Crippen molar-refractivity contribution in [3.05, 3.63) is 99.1 Å². The van der Waals surface area contributed by atoms with Crippen LogP contribution in [0.3, 0.4) is 0 Å². The first-order valence-corrected chi connectivity index (χ1v) is 12.7. The van der Waals surface area contributed by atoms with Crippen LogP contribution in [0.4, 0.5) is 4.39 Å². The molecule has 0 saturated carbocycles. The summed E-state index contributed by atoms with van der Waals surface area (Å²) < 4.78 is 15.0. The van der Waals surface area contributed by atoms with Gasteiger partial charge >= 0.3 is 0 Å². The average molecular weight is 488 g/mol. The van der Waals surface area contributed by atoms with E-state index in [1.807, 2.05) is 30.9 Å². The fourth-order valence-electron chi connectivity index (χ4n) is 4.53. The van der Waals surface area contributed by atoms with Crippen LogP contribution in [-0.4, -0.2) is 33.4 Å². The molecule has 0 bridgehead atoms. The molecule has 1 aromatic heterocycles. The third-order valence-corrected chi connectivity index (χ3v) is 7.23. The number of hydrogen-bond donors (Lipinski definition) is 0. The summed E-state index contributed by atoms with van der Waals surface area (Å²) in [5.74, 6) is 0.213. The van der Waals surface area contributed by atoms with Crippen LogP contribution < -0.4 is 5.56 Å². The van der Waals surface area contributed by atoms with E-state index in [-0.39, 0.29) is 17.3 Å². The summed E-state index contributed by atoms with van der Waals surface area (Å²) in [6.45, 7) is 5.52. The number of benzene rings is 3. The third kappa shape index (κ3) is 4.86. The number of aryl methyl sites for hydroxylation is 2. The maximum absolute atomic E-state index is 13.7. The Morgan fingerprint density at radius 1 is 0.971 bits per heavy atom. The fraction of sp³-hybridized carbons (Fsp3) is 0.250. The van der Waals surface area contributed by atoms with Crippen LogP contribution in [0.5, 0.6) is 0 Å². The van der Waals surface area contributed by atoms with Crippen LogP contribution in [0, 0.1) is 19.7 Å². The molecule has 1 aliphatic rings. The standard InChI is InChI=1S/C28H26FN3O2S/c1-18-13-19(2)15-23(14-18)32-27(34)24-10-7-21(26(33)31-11-3-4-12-31)16-25(24)30-28(32)35-17-20-5-8-22(29)9-6-20/h5-10,13-16H,3-4,11-12,17H2,1-2H3. The predicted molar refractivity (Wildman–Crippen MR) is 138 cm³/mol. The Labute approximate surface area is 207 Å². The first kappa shape index (κ1) is 23.3. The monoisotopic (exact) mass is 487 g/mol. The van der Waals surface area contributed by atoms with E-state index in [1.165, 1.54) is 23.9 Å². The number of carbonyl (C=O) groups is 1. The maximum atomic E-state index is 13.7. The molecule has 5 nitrogen and oxygen atoms in total. The molecular weight excluding hydrogens is 461 g/mol. The van der Waals surface area contributed by atoms with Crippen LogP contribution in [0.25, 0.3) is 16.6 Å². The number of nitrogens with zero attached hydrogens (tertiary/aromatic N) is 3.